The maximum Gasteiger partial charge on any atom is 0.0630 e. The van der Waals surface area contributed by atoms with Gasteiger partial charge in [0.1, 0.15) is 0 Å². The zero-order chi connectivity index (χ0) is 14.5. The highest BCUT2D eigenvalue weighted by Gasteiger charge is 1.99. The Kier molecular flexibility index (Phi) is 4.52. The molecule has 0 saturated carbocycles. The summed E-state index contributed by atoms with van der Waals surface area (Å²) in [4.78, 5) is 4.44. The van der Waals surface area contributed by atoms with Crippen LogP contribution in [0.25, 0.3) is 18.2 Å². The molecule has 0 fully saturated rings. The fourth-order valence-corrected chi connectivity index (χ4v) is 2.14. The molecule has 0 N–H and O–H groups in total. The SMILES string of the molecule is C/C=C/c1ccc(/C=C/c2cc(C)c(C)cc2C)nc1. The molecular weight excluding hydrogens is 242 g/mol. The van der Waals surface area contributed by atoms with E-state index >= 15 is 0 Å². The van der Waals surface area contributed by atoms with Crippen molar-refractivity contribution in [1.82, 2.24) is 4.98 Å². The third-order valence-corrected chi connectivity index (χ3v) is 3.48. The van der Waals surface area contributed by atoms with E-state index in [1.807, 2.05) is 31.3 Å². The fourth-order valence-electron chi connectivity index (χ4n) is 2.14. The minimum atomic E-state index is 0.982. The Morgan fingerprint density at radius 3 is 2.25 bits per heavy atom. The maximum atomic E-state index is 4.44. The highest BCUT2D eigenvalue weighted by atomic mass is 14.7. The molecule has 1 nitrogen and oxygen atoms in total. The molecule has 102 valence electrons. The molecule has 2 aromatic rings. The first-order valence-corrected chi connectivity index (χ1v) is 6.95. The monoisotopic (exact) mass is 263 g/mol. The third kappa shape index (κ3) is 3.45. The first-order chi connectivity index (χ1) is 9.60. The van der Waals surface area contributed by atoms with E-state index in [1.54, 1.807) is 0 Å². The van der Waals surface area contributed by atoms with Gasteiger partial charge in [-0.3, -0.25) is 4.98 Å². The van der Waals surface area contributed by atoms with E-state index in [-0.39, 0.29) is 0 Å². The smallest absolute Gasteiger partial charge is 0.0630 e. The van der Waals surface area contributed by atoms with Crippen LogP contribution >= 0.6 is 0 Å². The predicted octanol–water partition coefficient (Wildman–Crippen LogP) is 5.21. The second-order valence-corrected chi connectivity index (χ2v) is 5.14. The minimum Gasteiger partial charge on any atom is -0.256 e. The Labute approximate surface area is 121 Å². The summed E-state index contributed by atoms with van der Waals surface area (Å²) >= 11 is 0. The predicted molar refractivity (Wildman–Crippen MR) is 88.5 cm³/mol. The molecule has 0 aliphatic rings. The summed E-state index contributed by atoms with van der Waals surface area (Å²) in [6, 6.07) is 8.59. The summed E-state index contributed by atoms with van der Waals surface area (Å²) in [6.45, 7) is 8.46. The van der Waals surface area contributed by atoms with Crippen LogP contribution in [0.5, 0.6) is 0 Å². The summed E-state index contributed by atoms with van der Waals surface area (Å²) in [7, 11) is 0. The number of rotatable bonds is 3. The van der Waals surface area contributed by atoms with Crippen LogP contribution in [0.4, 0.5) is 0 Å². The van der Waals surface area contributed by atoms with Crippen LogP contribution < -0.4 is 0 Å². The summed E-state index contributed by atoms with van der Waals surface area (Å²) < 4.78 is 0. The number of nitrogens with zero attached hydrogens (tertiary/aromatic N) is 1. The number of pyridine rings is 1. The normalized spacial score (nSPS) is 11.6. The summed E-state index contributed by atoms with van der Waals surface area (Å²) in [5, 5.41) is 0. The van der Waals surface area contributed by atoms with Crippen LogP contribution in [0, 0.1) is 20.8 Å². The number of aromatic nitrogens is 1. The number of hydrogen-bond acceptors (Lipinski definition) is 1. The number of aryl methyl sites for hydroxylation is 3. The van der Waals surface area contributed by atoms with Gasteiger partial charge in [-0.25, -0.2) is 0 Å². The molecule has 1 aromatic carbocycles. The lowest BCUT2D eigenvalue weighted by molar-refractivity contribution is 1.28. The first kappa shape index (κ1) is 14.3. The molecular formula is C19H21N. The molecule has 0 spiro atoms. The van der Waals surface area contributed by atoms with Crippen molar-refractivity contribution in [2.24, 2.45) is 0 Å². The van der Waals surface area contributed by atoms with Crippen molar-refractivity contribution in [1.29, 1.82) is 0 Å². The van der Waals surface area contributed by atoms with Gasteiger partial charge in [-0.15, -0.1) is 0 Å². The van der Waals surface area contributed by atoms with E-state index in [2.05, 4.69) is 56.1 Å². The molecule has 0 radical (unpaired) electrons. The van der Waals surface area contributed by atoms with Crippen molar-refractivity contribution in [2.45, 2.75) is 27.7 Å². The zero-order valence-corrected chi connectivity index (χ0v) is 12.6. The number of benzene rings is 1. The van der Waals surface area contributed by atoms with Crippen LogP contribution in [0.15, 0.2) is 36.5 Å². The van der Waals surface area contributed by atoms with E-state index in [0.717, 1.165) is 11.3 Å². The van der Waals surface area contributed by atoms with Gasteiger partial charge in [-0.05, 0) is 67.7 Å². The van der Waals surface area contributed by atoms with Gasteiger partial charge >= 0.3 is 0 Å². The third-order valence-electron chi connectivity index (χ3n) is 3.48. The summed E-state index contributed by atoms with van der Waals surface area (Å²) in [5.41, 5.74) is 7.34. The largest absolute Gasteiger partial charge is 0.256 e. The molecule has 0 atom stereocenters. The molecule has 0 saturated heterocycles. The summed E-state index contributed by atoms with van der Waals surface area (Å²) in [6.07, 6.45) is 10.2. The lowest BCUT2D eigenvalue weighted by Gasteiger charge is -2.06. The second-order valence-electron chi connectivity index (χ2n) is 5.14. The average Bonchev–Trinajstić information content (AvgIpc) is 2.43. The van der Waals surface area contributed by atoms with Crippen LogP contribution in [-0.4, -0.2) is 4.98 Å². The van der Waals surface area contributed by atoms with Gasteiger partial charge in [0, 0.05) is 6.20 Å². The molecule has 2 rings (SSSR count). The van der Waals surface area contributed by atoms with Crippen molar-refractivity contribution in [3.8, 4) is 0 Å². The Morgan fingerprint density at radius 2 is 1.60 bits per heavy atom. The minimum absolute atomic E-state index is 0.982. The van der Waals surface area contributed by atoms with E-state index in [0.29, 0.717) is 0 Å². The van der Waals surface area contributed by atoms with Crippen LogP contribution in [0.1, 0.15) is 40.4 Å². The van der Waals surface area contributed by atoms with Crippen molar-refractivity contribution < 1.29 is 0 Å². The fraction of sp³-hybridized carbons (Fsp3) is 0.211. The van der Waals surface area contributed by atoms with Gasteiger partial charge in [-0.2, -0.15) is 0 Å². The van der Waals surface area contributed by atoms with E-state index in [9.17, 15) is 0 Å². The highest BCUT2D eigenvalue weighted by Crippen LogP contribution is 2.17. The standard InChI is InChI=1S/C19H21N/c1-5-6-17-7-9-19(20-13-17)10-8-18-12-15(3)14(2)11-16(18)4/h5-13H,1-4H3/b6-5+,10-8+. The molecule has 0 aliphatic carbocycles. The van der Waals surface area contributed by atoms with Crippen LogP contribution in [0.2, 0.25) is 0 Å². The van der Waals surface area contributed by atoms with Gasteiger partial charge in [0.2, 0.25) is 0 Å². The molecule has 0 amide bonds. The van der Waals surface area contributed by atoms with Crippen LogP contribution in [0.3, 0.4) is 0 Å². The molecule has 20 heavy (non-hydrogen) atoms. The van der Waals surface area contributed by atoms with Crippen molar-refractivity contribution >= 4 is 18.2 Å². The molecule has 0 aliphatic heterocycles. The highest BCUT2D eigenvalue weighted by molar-refractivity contribution is 5.70. The molecule has 0 unspecified atom stereocenters. The quantitative estimate of drug-likeness (QED) is 0.740. The zero-order valence-electron chi connectivity index (χ0n) is 12.6. The number of allylic oxidation sites excluding steroid dienone is 1. The van der Waals surface area contributed by atoms with Gasteiger partial charge in [-0.1, -0.05) is 36.4 Å². The topological polar surface area (TPSA) is 12.9 Å². The van der Waals surface area contributed by atoms with Crippen molar-refractivity contribution in [3.63, 3.8) is 0 Å². The maximum absolute atomic E-state index is 4.44. The lowest BCUT2D eigenvalue weighted by atomic mass is 10.0. The van der Waals surface area contributed by atoms with Crippen LogP contribution in [-0.2, 0) is 0 Å². The number of hydrogen-bond donors (Lipinski definition) is 0. The van der Waals surface area contributed by atoms with E-state index < -0.39 is 0 Å². The van der Waals surface area contributed by atoms with E-state index in [1.165, 1.54) is 22.3 Å². The second kappa shape index (κ2) is 6.33. The van der Waals surface area contributed by atoms with E-state index in [4.69, 9.17) is 0 Å². The van der Waals surface area contributed by atoms with Crippen molar-refractivity contribution in [2.75, 3.05) is 0 Å². The Hall–Kier alpha value is -2.15. The van der Waals surface area contributed by atoms with Gasteiger partial charge in [0.05, 0.1) is 5.69 Å². The van der Waals surface area contributed by atoms with Gasteiger partial charge in [0.25, 0.3) is 0 Å². The summed E-state index contributed by atoms with van der Waals surface area (Å²) in [5.74, 6) is 0. The average molecular weight is 263 g/mol. The molecule has 1 heteroatoms. The molecule has 1 heterocycles. The van der Waals surface area contributed by atoms with Gasteiger partial charge in [0.15, 0.2) is 0 Å². The van der Waals surface area contributed by atoms with Gasteiger partial charge < -0.3 is 0 Å². The first-order valence-electron chi connectivity index (χ1n) is 6.95. The Bertz CT molecular complexity index is 646. The Balaban J connectivity index is 2.23. The lowest BCUT2D eigenvalue weighted by Crippen LogP contribution is -1.87. The van der Waals surface area contributed by atoms with Crippen molar-refractivity contribution in [3.05, 3.63) is 70.0 Å². The molecule has 1 aromatic heterocycles. The molecule has 0 bridgehead atoms. The Morgan fingerprint density at radius 1 is 0.850 bits per heavy atom.